The monoisotopic (exact) mass is 407 g/mol. The van der Waals surface area contributed by atoms with E-state index in [1.807, 2.05) is 18.3 Å². The Morgan fingerprint density at radius 1 is 1.14 bits per heavy atom. The summed E-state index contributed by atoms with van der Waals surface area (Å²) in [5, 5.41) is 4.65. The van der Waals surface area contributed by atoms with Gasteiger partial charge in [-0.05, 0) is 73.7 Å². The molecule has 1 fully saturated rings. The summed E-state index contributed by atoms with van der Waals surface area (Å²) in [6, 6.07) is 15.5. The fourth-order valence-electron chi connectivity index (χ4n) is 5.07. The van der Waals surface area contributed by atoms with Crippen LogP contribution >= 0.6 is 11.6 Å². The zero-order valence-corrected chi connectivity index (χ0v) is 17.6. The number of nitrogens with one attached hydrogen (secondary N) is 2. The first-order valence-corrected chi connectivity index (χ1v) is 11.1. The molecule has 2 aliphatic heterocycles. The highest BCUT2D eigenvalue weighted by Gasteiger charge is 2.47. The van der Waals surface area contributed by atoms with Crippen molar-refractivity contribution in [2.75, 3.05) is 6.54 Å². The van der Waals surface area contributed by atoms with Crippen molar-refractivity contribution in [2.24, 2.45) is 0 Å². The van der Waals surface area contributed by atoms with Crippen molar-refractivity contribution >= 4 is 17.8 Å². The highest BCUT2D eigenvalue weighted by molar-refractivity contribution is 6.30. The number of hydrogen-bond acceptors (Lipinski definition) is 2. The van der Waals surface area contributed by atoms with Gasteiger partial charge in [0, 0.05) is 22.1 Å². The SMILES string of the molecule is CC1=CCC(Oc2ccc3c(c2)C(C2(c4ccc(Cl)cc4)CCC2)NCC3)[NH+]=C1. The summed E-state index contributed by atoms with van der Waals surface area (Å²) in [6.45, 7) is 3.13. The van der Waals surface area contributed by atoms with Gasteiger partial charge in [0.15, 0.2) is 6.21 Å². The van der Waals surface area contributed by atoms with E-state index < -0.39 is 0 Å². The molecule has 2 unspecified atom stereocenters. The first-order valence-electron chi connectivity index (χ1n) is 10.7. The molecule has 2 aromatic carbocycles. The minimum atomic E-state index is 0.000628. The number of halogens is 1. The predicted octanol–water partition coefficient (Wildman–Crippen LogP) is 3.86. The van der Waals surface area contributed by atoms with Crippen LogP contribution in [-0.2, 0) is 11.8 Å². The Bertz CT molecular complexity index is 959. The molecule has 0 saturated heterocycles. The summed E-state index contributed by atoms with van der Waals surface area (Å²) < 4.78 is 6.27. The van der Waals surface area contributed by atoms with Crippen LogP contribution in [0.5, 0.6) is 5.75 Å². The Hall–Kier alpha value is -2.10. The smallest absolute Gasteiger partial charge is 0.298 e. The zero-order chi connectivity index (χ0) is 19.8. The number of ether oxygens (including phenoxy) is 1. The van der Waals surface area contributed by atoms with Gasteiger partial charge in [0.2, 0.25) is 0 Å². The van der Waals surface area contributed by atoms with Crippen LogP contribution in [0.2, 0.25) is 5.02 Å². The second kappa shape index (κ2) is 7.62. The second-order valence-electron chi connectivity index (χ2n) is 8.62. The van der Waals surface area contributed by atoms with E-state index in [2.05, 4.69) is 53.6 Å². The second-order valence-corrected chi connectivity index (χ2v) is 9.05. The largest absolute Gasteiger partial charge is 0.434 e. The molecule has 0 radical (unpaired) electrons. The molecule has 3 aliphatic rings. The zero-order valence-electron chi connectivity index (χ0n) is 16.9. The molecule has 0 amide bonds. The van der Waals surface area contributed by atoms with Gasteiger partial charge in [0.05, 0.1) is 6.42 Å². The van der Waals surface area contributed by atoms with Gasteiger partial charge in [0.1, 0.15) is 5.75 Å². The Balaban J connectivity index is 1.46. The maximum Gasteiger partial charge on any atom is 0.298 e. The number of benzene rings is 2. The van der Waals surface area contributed by atoms with Crippen molar-refractivity contribution in [3.05, 3.63) is 75.8 Å². The molecule has 0 spiro atoms. The van der Waals surface area contributed by atoms with Crippen LogP contribution in [-0.4, -0.2) is 19.0 Å². The molecule has 0 bridgehead atoms. The van der Waals surface area contributed by atoms with Gasteiger partial charge in [-0.3, -0.25) is 0 Å². The molecule has 4 heteroatoms. The highest BCUT2D eigenvalue weighted by atomic mass is 35.5. The Morgan fingerprint density at radius 3 is 2.66 bits per heavy atom. The highest BCUT2D eigenvalue weighted by Crippen LogP contribution is 2.53. The molecule has 5 rings (SSSR count). The number of allylic oxidation sites excluding steroid dienone is 1. The van der Waals surface area contributed by atoms with Crippen LogP contribution in [0.3, 0.4) is 0 Å². The number of rotatable bonds is 4. The molecule has 1 saturated carbocycles. The molecule has 1 aliphatic carbocycles. The van der Waals surface area contributed by atoms with Crippen molar-refractivity contribution < 1.29 is 9.73 Å². The lowest BCUT2D eigenvalue weighted by atomic mass is 9.58. The van der Waals surface area contributed by atoms with Gasteiger partial charge in [-0.2, -0.15) is 0 Å². The Labute approximate surface area is 177 Å². The van der Waals surface area contributed by atoms with E-state index in [-0.39, 0.29) is 11.6 Å². The van der Waals surface area contributed by atoms with Crippen LogP contribution in [0.15, 0.2) is 54.1 Å². The summed E-state index contributed by atoms with van der Waals surface area (Å²) in [5.41, 5.74) is 5.65. The van der Waals surface area contributed by atoms with Crippen molar-refractivity contribution in [2.45, 2.75) is 56.7 Å². The molecule has 150 valence electrons. The third-order valence-corrected chi connectivity index (χ3v) is 7.07. The van der Waals surface area contributed by atoms with Crippen molar-refractivity contribution in [1.29, 1.82) is 0 Å². The van der Waals surface area contributed by atoms with Gasteiger partial charge in [-0.15, -0.1) is 0 Å². The van der Waals surface area contributed by atoms with Crippen LogP contribution in [0, 0.1) is 0 Å². The average Bonchev–Trinajstić information content (AvgIpc) is 2.70. The van der Waals surface area contributed by atoms with Crippen LogP contribution in [0.25, 0.3) is 0 Å². The lowest BCUT2D eigenvalue weighted by Gasteiger charge is -2.50. The van der Waals surface area contributed by atoms with E-state index in [4.69, 9.17) is 16.3 Å². The topological polar surface area (TPSA) is 35.2 Å². The third kappa shape index (κ3) is 3.51. The van der Waals surface area contributed by atoms with Gasteiger partial charge in [-0.1, -0.05) is 42.3 Å². The molecule has 0 aromatic heterocycles. The van der Waals surface area contributed by atoms with Crippen LogP contribution in [0.4, 0.5) is 0 Å². The molecule has 2 heterocycles. The minimum absolute atomic E-state index is 0.000628. The normalized spacial score (nSPS) is 25.0. The standard InChI is InChI=1S/C25H27ClN2O/c1-17-3-10-23(28-16-17)29-21-9-4-18-11-14-27-24(22(18)15-21)25(12-2-13-25)19-5-7-20(26)8-6-19/h3-9,15-16,23-24,27H,2,10-14H2,1H3/p+1. The molecule has 2 aromatic rings. The summed E-state index contributed by atoms with van der Waals surface area (Å²) >= 11 is 6.17. The fourth-order valence-corrected chi connectivity index (χ4v) is 5.20. The predicted molar refractivity (Wildman–Crippen MR) is 118 cm³/mol. The first-order chi connectivity index (χ1) is 14.1. The summed E-state index contributed by atoms with van der Waals surface area (Å²) in [7, 11) is 0. The van der Waals surface area contributed by atoms with Crippen molar-refractivity contribution in [1.82, 2.24) is 5.32 Å². The van der Waals surface area contributed by atoms with Gasteiger partial charge < -0.3 is 10.1 Å². The minimum Gasteiger partial charge on any atom is -0.434 e. The van der Waals surface area contributed by atoms with Gasteiger partial charge in [-0.25, -0.2) is 4.99 Å². The molecule has 2 atom stereocenters. The van der Waals surface area contributed by atoms with E-state index in [9.17, 15) is 0 Å². The maximum absolute atomic E-state index is 6.27. The summed E-state index contributed by atoms with van der Waals surface area (Å²) in [6.07, 6.45) is 9.89. The van der Waals surface area contributed by atoms with Crippen LogP contribution in [0.1, 0.15) is 55.3 Å². The maximum atomic E-state index is 6.27. The van der Waals surface area contributed by atoms with Crippen molar-refractivity contribution in [3.8, 4) is 5.75 Å². The average molecular weight is 408 g/mol. The van der Waals surface area contributed by atoms with E-state index in [0.717, 1.165) is 30.2 Å². The fraction of sp³-hybridized carbons (Fsp3) is 0.400. The van der Waals surface area contributed by atoms with Gasteiger partial charge in [0.25, 0.3) is 6.23 Å². The quantitative estimate of drug-likeness (QED) is 0.807. The molecular weight excluding hydrogens is 380 g/mol. The number of fused-ring (bicyclic) bond motifs is 1. The first kappa shape index (κ1) is 18.9. The Kier molecular flexibility index (Phi) is 4.97. The third-order valence-electron chi connectivity index (χ3n) is 6.82. The molecule has 29 heavy (non-hydrogen) atoms. The van der Waals surface area contributed by atoms with E-state index in [1.54, 1.807) is 0 Å². The summed E-state index contributed by atoms with van der Waals surface area (Å²) in [4.78, 5) is 3.35. The van der Waals surface area contributed by atoms with E-state index >= 15 is 0 Å². The summed E-state index contributed by atoms with van der Waals surface area (Å²) in [5.74, 6) is 0.946. The molecular formula is C25H28ClN2O+. The van der Waals surface area contributed by atoms with Crippen molar-refractivity contribution in [3.63, 3.8) is 0 Å². The molecule has 3 nitrogen and oxygen atoms in total. The lowest BCUT2D eigenvalue weighted by Crippen LogP contribution is -2.79. The Morgan fingerprint density at radius 2 is 1.97 bits per heavy atom. The van der Waals surface area contributed by atoms with E-state index in [1.165, 1.54) is 41.5 Å². The lowest BCUT2D eigenvalue weighted by molar-refractivity contribution is -0.543. The number of hydrogen-bond donors (Lipinski definition) is 2. The molecule has 2 N–H and O–H groups in total. The van der Waals surface area contributed by atoms with Crippen LogP contribution < -0.4 is 15.0 Å². The van der Waals surface area contributed by atoms with Gasteiger partial charge >= 0.3 is 0 Å². The van der Waals surface area contributed by atoms with E-state index in [0.29, 0.717) is 6.04 Å².